The van der Waals surface area contributed by atoms with Crippen LogP contribution in [-0.2, 0) is 0 Å². The molecule has 1 atom stereocenters. The molecular formula is C17H14FNO2. The van der Waals surface area contributed by atoms with Gasteiger partial charge in [0.05, 0.1) is 0 Å². The Kier molecular flexibility index (Phi) is 3.44. The Morgan fingerprint density at radius 3 is 2.67 bits per heavy atom. The van der Waals surface area contributed by atoms with Crippen LogP contribution in [0.2, 0.25) is 0 Å². The number of carbonyl (C=O) groups excluding carboxylic acids is 1. The predicted octanol–water partition coefficient (Wildman–Crippen LogP) is 3.96. The van der Waals surface area contributed by atoms with Gasteiger partial charge in [-0.05, 0) is 25.1 Å². The number of ether oxygens (including phenoxy) is 1. The van der Waals surface area contributed by atoms with E-state index in [2.05, 4.69) is 4.98 Å². The quantitative estimate of drug-likeness (QED) is 0.736. The van der Waals surface area contributed by atoms with Crippen LogP contribution in [-0.4, -0.2) is 16.9 Å². The minimum atomic E-state index is -0.763. The van der Waals surface area contributed by atoms with Gasteiger partial charge < -0.3 is 9.72 Å². The van der Waals surface area contributed by atoms with Gasteiger partial charge in [-0.1, -0.05) is 30.3 Å². The molecular weight excluding hydrogens is 269 g/mol. The lowest BCUT2D eigenvalue weighted by Crippen LogP contribution is -2.24. The maximum absolute atomic E-state index is 13.6. The van der Waals surface area contributed by atoms with Crippen molar-refractivity contribution in [2.45, 2.75) is 13.0 Å². The molecule has 0 radical (unpaired) electrons. The Balaban J connectivity index is 1.86. The molecule has 1 N–H and O–H groups in total. The Morgan fingerprint density at radius 2 is 1.86 bits per heavy atom. The highest BCUT2D eigenvalue weighted by atomic mass is 19.1. The molecule has 21 heavy (non-hydrogen) atoms. The second-order valence-electron chi connectivity index (χ2n) is 4.80. The van der Waals surface area contributed by atoms with E-state index >= 15 is 0 Å². The standard InChI is InChI=1S/C17H14FNO2/c1-11(21-16-9-5-3-7-14(16)18)17(20)13-10-19-15-8-4-2-6-12(13)15/h2-11,19H,1H3. The number of H-pyrrole nitrogens is 1. The molecule has 1 unspecified atom stereocenters. The van der Waals surface area contributed by atoms with E-state index in [4.69, 9.17) is 4.74 Å². The predicted molar refractivity (Wildman–Crippen MR) is 79.1 cm³/mol. The first-order valence-electron chi connectivity index (χ1n) is 6.68. The van der Waals surface area contributed by atoms with Crippen molar-refractivity contribution in [1.82, 2.24) is 4.98 Å². The molecule has 0 aliphatic carbocycles. The molecule has 0 saturated carbocycles. The summed E-state index contributed by atoms with van der Waals surface area (Å²) in [5.41, 5.74) is 1.44. The summed E-state index contributed by atoms with van der Waals surface area (Å²) in [5.74, 6) is -0.579. The molecule has 0 aliphatic heterocycles. The summed E-state index contributed by atoms with van der Waals surface area (Å²) in [6.07, 6.45) is 0.898. The van der Waals surface area contributed by atoms with Gasteiger partial charge in [0.1, 0.15) is 0 Å². The van der Waals surface area contributed by atoms with Crippen molar-refractivity contribution in [2.24, 2.45) is 0 Å². The lowest BCUT2D eigenvalue weighted by Gasteiger charge is -2.13. The van der Waals surface area contributed by atoms with Crippen molar-refractivity contribution in [3.8, 4) is 5.75 Å². The minimum Gasteiger partial charge on any atom is -0.479 e. The normalized spacial score (nSPS) is 12.3. The number of para-hydroxylation sites is 2. The fraction of sp³-hybridized carbons (Fsp3) is 0.118. The van der Waals surface area contributed by atoms with Crippen LogP contribution in [0.15, 0.2) is 54.7 Å². The molecule has 1 heterocycles. The Hall–Kier alpha value is -2.62. The van der Waals surface area contributed by atoms with Crippen LogP contribution >= 0.6 is 0 Å². The molecule has 3 aromatic rings. The van der Waals surface area contributed by atoms with Crippen molar-refractivity contribution in [3.63, 3.8) is 0 Å². The molecule has 1 aromatic heterocycles. The van der Waals surface area contributed by atoms with E-state index in [1.165, 1.54) is 12.1 Å². The van der Waals surface area contributed by atoms with Gasteiger partial charge in [0.15, 0.2) is 17.7 Å². The fourth-order valence-corrected chi connectivity index (χ4v) is 2.28. The molecule has 0 bridgehead atoms. The van der Waals surface area contributed by atoms with E-state index in [0.717, 1.165) is 10.9 Å². The summed E-state index contributed by atoms with van der Waals surface area (Å²) in [6, 6.07) is 13.6. The van der Waals surface area contributed by atoms with Crippen molar-refractivity contribution < 1.29 is 13.9 Å². The zero-order valence-electron chi connectivity index (χ0n) is 11.5. The van der Waals surface area contributed by atoms with Gasteiger partial charge >= 0.3 is 0 Å². The third kappa shape index (κ3) is 2.52. The van der Waals surface area contributed by atoms with Crippen LogP contribution in [0.4, 0.5) is 4.39 Å². The molecule has 106 valence electrons. The number of aromatic nitrogens is 1. The first kappa shape index (κ1) is 13.4. The Labute approximate surface area is 121 Å². The van der Waals surface area contributed by atoms with Crippen molar-refractivity contribution >= 4 is 16.7 Å². The number of nitrogens with one attached hydrogen (secondary N) is 1. The van der Waals surface area contributed by atoms with Crippen LogP contribution in [0.3, 0.4) is 0 Å². The number of hydrogen-bond donors (Lipinski definition) is 1. The number of benzene rings is 2. The zero-order valence-corrected chi connectivity index (χ0v) is 11.5. The Bertz CT molecular complexity index is 794. The van der Waals surface area contributed by atoms with E-state index in [-0.39, 0.29) is 11.5 Å². The topological polar surface area (TPSA) is 42.1 Å². The first-order chi connectivity index (χ1) is 10.2. The highest BCUT2D eigenvalue weighted by molar-refractivity contribution is 6.09. The van der Waals surface area contributed by atoms with Gasteiger partial charge in [-0.2, -0.15) is 0 Å². The molecule has 0 aliphatic rings. The number of Topliss-reactive ketones (excluding diaryl/α,β-unsaturated/α-hetero) is 1. The highest BCUT2D eigenvalue weighted by Crippen LogP contribution is 2.22. The molecule has 0 spiro atoms. The van der Waals surface area contributed by atoms with Crippen LogP contribution in [0.25, 0.3) is 10.9 Å². The molecule has 2 aromatic carbocycles. The van der Waals surface area contributed by atoms with Gasteiger partial charge in [-0.15, -0.1) is 0 Å². The second-order valence-corrected chi connectivity index (χ2v) is 4.80. The first-order valence-corrected chi connectivity index (χ1v) is 6.68. The molecule has 0 fully saturated rings. The number of ketones is 1. The van der Waals surface area contributed by atoms with E-state index < -0.39 is 11.9 Å². The maximum atomic E-state index is 13.6. The smallest absolute Gasteiger partial charge is 0.205 e. The lowest BCUT2D eigenvalue weighted by molar-refractivity contribution is 0.0814. The SMILES string of the molecule is CC(Oc1ccccc1F)C(=O)c1c[nH]c2ccccc12. The van der Waals surface area contributed by atoms with E-state index in [9.17, 15) is 9.18 Å². The number of fused-ring (bicyclic) bond motifs is 1. The van der Waals surface area contributed by atoms with Crippen LogP contribution in [0.5, 0.6) is 5.75 Å². The number of halogens is 1. The Morgan fingerprint density at radius 1 is 1.14 bits per heavy atom. The van der Waals surface area contributed by atoms with Crippen molar-refractivity contribution in [2.75, 3.05) is 0 Å². The van der Waals surface area contributed by atoms with E-state index in [0.29, 0.717) is 5.56 Å². The molecule has 4 heteroatoms. The average molecular weight is 283 g/mol. The van der Waals surface area contributed by atoms with Crippen LogP contribution < -0.4 is 4.74 Å². The summed E-state index contributed by atoms with van der Waals surface area (Å²) < 4.78 is 19.0. The van der Waals surface area contributed by atoms with Crippen molar-refractivity contribution in [1.29, 1.82) is 0 Å². The molecule has 0 saturated heterocycles. The number of rotatable bonds is 4. The molecule has 3 nitrogen and oxygen atoms in total. The average Bonchev–Trinajstić information content (AvgIpc) is 2.92. The van der Waals surface area contributed by atoms with Crippen LogP contribution in [0, 0.1) is 5.82 Å². The van der Waals surface area contributed by atoms with Gasteiger partial charge in [-0.3, -0.25) is 4.79 Å². The summed E-state index contributed by atoms with van der Waals surface area (Å²) >= 11 is 0. The molecule has 3 rings (SSSR count). The fourth-order valence-electron chi connectivity index (χ4n) is 2.28. The highest BCUT2D eigenvalue weighted by Gasteiger charge is 2.21. The van der Waals surface area contributed by atoms with Crippen LogP contribution in [0.1, 0.15) is 17.3 Å². The number of hydrogen-bond acceptors (Lipinski definition) is 2. The van der Waals surface area contributed by atoms with Gasteiger partial charge in [0.2, 0.25) is 5.78 Å². The minimum absolute atomic E-state index is 0.0817. The monoisotopic (exact) mass is 283 g/mol. The largest absolute Gasteiger partial charge is 0.479 e. The van der Waals surface area contributed by atoms with E-state index in [1.807, 2.05) is 24.3 Å². The van der Waals surface area contributed by atoms with E-state index in [1.54, 1.807) is 25.3 Å². The van der Waals surface area contributed by atoms with Gasteiger partial charge in [0, 0.05) is 22.7 Å². The number of aromatic amines is 1. The lowest BCUT2D eigenvalue weighted by atomic mass is 10.1. The molecule has 0 amide bonds. The van der Waals surface area contributed by atoms with Gasteiger partial charge in [0.25, 0.3) is 0 Å². The third-order valence-electron chi connectivity index (χ3n) is 3.36. The summed E-state index contributed by atoms with van der Waals surface area (Å²) in [7, 11) is 0. The summed E-state index contributed by atoms with van der Waals surface area (Å²) in [4.78, 5) is 15.5. The van der Waals surface area contributed by atoms with Crippen molar-refractivity contribution in [3.05, 3.63) is 66.1 Å². The second kappa shape index (κ2) is 5.40. The van der Waals surface area contributed by atoms with Gasteiger partial charge in [-0.25, -0.2) is 4.39 Å². The maximum Gasteiger partial charge on any atom is 0.205 e. The third-order valence-corrected chi connectivity index (χ3v) is 3.36. The summed E-state index contributed by atoms with van der Waals surface area (Å²) in [6.45, 7) is 1.62. The number of carbonyl (C=O) groups is 1. The zero-order chi connectivity index (χ0) is 14.8. The summed E-state index contributed by atoms with van der Waals surface area (Å²) in [5, 5.41) is 0.839.